The van der Waals surface area contributed by atoms with Crippen molar-refractivity contribution in [2.24, 2.45) is 4.36 Å². The van der Waals surface area contributed by atoms with Gasteiger partial charge < -0.3 is 10.1 Å². The quantitative estimate of drug-likeness (QED) is 0.288. The van der Waals surface area contributed by atoms with Crippen LogP contribution in [0.2, 0.25) is 0 Å². The molecular weight excluding hydrogens is 515 g/mol. The summed E-state index contributed by atoms with van der Waals surface area (Å²) in [4.78, 5) is 7.68. The zero-order valence-corrected chi connectivity index (χ0v) is 19.3. The Labute approximate surface area is 202 Å². The van der Waals surface area contributed by atoms with Crippen LogP contribution in [0.5, 0.6) is 5.75 Å². The van der Waals surface area contributed by atoms with Crippen molar-refractivity contribution >= 4 is 22.3 Å². The fraction of sp³-hybridized carbons (Fsp3) is 0.227. The molecule has 2 aromatic carbocycles. The highest BCUT2D eigenvalue weighted by atomic mass is 32.2. The second kappa shape index (κ2) is 10.5. The van der Waals surface area contributed by atoms with Gasteiger partial charge in [0.25, 0.3) is 0 Å². The smallest absolute Gasteiger partial charge is 0.458 e. The number of nitrogens with zero attached hydrogens (tertiary/aromatic N) is 4. The van der Waals surface area contributed by atoms with Crippen LogP contribution < -0.4 is 10.1 Å². The first-order valence-corrected chi connectivity index (χ1v) is 11.6. The van der Waals surface area contributed by atoms with Gasteiger partial charge >= 0.3 is 12.1 Å². The van der Waals surface area contributed by atoms with Crippen molar-refractivity contribution in [1.29, 1.82) is 5.26 Å². The number of hydrogen-bond acceptors (Lipinski definition) is 6. The van der Waals surface area contributed by atoms with Gasteiger partial charge in [-0.25, -0.2) is 18.7 Å². The summed E-state index contributed by atoms with van der Waals surface area (Å²) in [5.74, 6) is -7.24. The van der Waals surface area contributed by atoms with Crippen LogP contribution in [-0.2, 0) is 22.4 Å². The van der Waals surface area contributed by atoms with Crippen LogP contribution >= 0.6 is 0 Å². The number of nitriles is 1. The molecule has 0 aliphatic heterocycles. The van der Waals surface area contributed by atoms with Crippen molar-refractivity contribution in [3.05, 3.63) is 65.4 Å². The van der Waals surface area contributed by atoms with Gasteiger partial charge in [-0.15, -0.1) is 0 Å². The van der Waals surface area contributed by atoms with Crippen molar-refractivity contribution in [2.75, 3.05) is 18.7 Å². The number of rotatable bonds is 7. The molecule has 14 heteroatoms. The minimum atomic E-state index is -5.87. The number of anilines is 2. The molecule has 36 heavy (non-hydrogen) atoms. The molecule has 0 amide bonds. The van der Waals surface area contributed by atoms with Crippen LogP contribution in [0, 0.1) is 23.1 Å². The van der Waals surface area contributed by atoms with Gasteiger partial charge in [0, 0.05) is 28.6 Å². The summed E-state index contributed by atoms with van der Waals surface area (Å²) < 4.78 is 104. The normalized spacial score (nSPS) is 12.8. The Bertz CT molecular complexity index is 1360. The van der Waals surface area contributed by atoms with E-state index in [-0.39, 0.29) is 40.0 Å². The molecule has 1 atom stereocenters. The Morgan fingerprint density at radius 3 is 2.47 bits per heavy atom. The molecule has 0 spiro atoms. The number of nitrogens with one attached hydrogen (secondary N) is 1. The second-order valence-electron chi connectivity index (χ2n) is 7.29. The maximum absolute atomic E-state index is 14.5. The van der Waals surface area contributed by atoms with Gasteiger partial charge in [0.05, 0.1) is 13.3 Å². The van der Waals surface area contributed by atoms with E-state index in [1.54, 1.807) is 6.19 Å². The Morgan fingerprint density at radius 1 is 1.11 bits per heavy atom. The fourth-order valence-electron chi connectivity index (χ4n) is 3.14. The van der Waals surface area contributed by atoms with Gasteiger partial charge in [0.1, 0.15) is 17.3 Å². The summed E-state index contributed by atoms with van der Waals surface area (Å²) in [6.07, 6.45) is -2.05. The summed E-state index contributed by atoms with van der Waals surface area (Å²) in [6.45, 7) is 0. The third kappa shape index (κ3) is 5.91. The van der Waals surface area contributed by atoms with E-state index in [9.17, 15) is 30.7 Å². The molecule has 1 N–H and O–H groups in total. The van der Waals surface area contributed by atoms with Crippen LogP contribution in [0.4, 0.5) is 42.4 Å². The zero-order chi connectivity index (χ0) is 26.7. The number of halogens is 7. The van der Waals surface area contributed by atoms with Crippen LogP contribution in [0.15, 0.2) is 47.0 Å². The van der Waals surface area contributed by atoms with Crippen molar-refractivity contribution < 1.29 is 35.5 Å². The van der Waals surface area contributed by atoms with E-state index in [0.717, 1.165) is 18.3 Å². The Balaban J connectivity index is 2.08. The summed E-state index contributed by atoms with van der Waals surface area (Å²) in [5, 5.41) is 11.2. The van der Waals surface area contributed by atoms with E-state index < -0.39 is 40.0 Å². The molecule has 0 saturated carbocycles. The van der Waals surface area contributed by atoms with Crippen molar-refractivity contribution in [3.63, 3.8) is 0 Å². The van der Waals surface area contributed by atoms with E-state index in [1.165, 1.54) is 25.5 Å². The van der Waals surface area contributed by atoms with Crippen LogP contribution in [0.3, 0.4) is 0 Å². The van der Waals surface area contributed by atoms with E-state index in [2.05, 4.69) is 19.6 Å². The summed E-state index contributed by atoms with van der Waals surface area (Å²) in [7, 11) is 0.242. The van der Waals surface area contributed by atoms with Gasteiger partial charge in [-0.1, -0.05) is 10.7 Å². The van der Waals surface area contributed by atoms with E-state index in [0.29, 0.717) is 12.1 Å². The average molecular weight is 531 g/mol. The average Bonchev–Trinajstić information content (AvgIpc) is 2.79. The van der Waals surface area contributed by atoms with Gasteiger partial charge in [-0.2, -0.15) is 31.6 Å². The first-order chi connectivity index (χ1) is 16.8. The van der Waals surface area contributed by atoms with Gasteiger partial charge in [0.2, 0.25) is 12.1 Å². The number of hydrogen-bond donors (Lipinski definition) is 1. The topological polar surface area (TPSA) is 83.2 Å². The monoisotopic (exact) mass is 531 g/mol. The molecule has 0 aliphatic rings. The van der Waals surface area contributed by atoms with Crippen LogP contribution in [0.1, 0.15) is 11.1 Å². The highest BCUT2D eigenvalue weighted by molar-refractivity contribution is 7.85. The predicted octanol–water partition coefficient (Wildman–Crippen LogP) is 6.24. The van der Waals surface area contributed by atoms with Crippen LogP contribution in [0.25, 0.3) is 11.3 Å². The molecule has 1 aromatic heterocycles. The lowest BCUT2D eigenvalue weighted by atomic mass is 10.0. The summed E-state index contributed by atoms with van der Waals surface area (Å²) in [6, 6.07) is 5.74. The standard InChI is InChI=1S/C22H16F7N5OS/c1-35-18-8-14(23)3-4-16(18)19-17(24)9-31-20(34-19)33-15-6-12(10-36(2)32-11-30)5-13(7-15)21(25,26)22(27,28)29/h3-9H,10H2,1-2H3,(H,31,33,34). The molecule has 0 fully saturated rings. The van der Waals surface area contributed by atoms with E-state index in [1.807, 2.05) is 0 Å². The maximum atomic E-state index is 14.5. The Hall–Kier alpha value is -3.73. The van der Waals surface area contributed by atoms with Crippen molar-refractivity contribution in [3.8, 4) is 23.2 Å². The van der Waals surface area contributed by atoms with Crippen LogP contribution in [-0.4, -0.2) is 29.5 Å². The highest BCUT2D eigenvalue weighted by Crippen LogP contribution is 2.45. The number of alkyl halides is 5. The van der Waals surface area contributed by atoms with Gasteiger partial charge in [-0.05, 0) is 42.2 Å². The SMILES string of the molecule is COc1cc(F)ccc1-c1nc(Nc2cc(C/S(C)=N\C#N)cc(C(F)(F)C(F)(F)F)c2)ncc1F. The molecule has 0 saturated heterocycles. The van der Waals surface area contributed by atoms with Gasteiger partial charge in [0.15, 0.2) is 5.82 Å². The second-order valence-corrected chi connectivity index (χ2v) is 8.96. The first-order valence-electron chi connectivity index (χ1n) is 9.80. The first kappa shape index (κ1) is 26.9. The summed E-state index contributed by atoms with van der Waals surface area (Å²) in [5.41, 5.74) is -1.85. The van der Waals surface area contributed by atoms with Gasteiger partial charge in [-0.3, -0.25) is 0 Å². The van der Waals surface area contributed by atoms with Crippen molar-refractivity contribution in [1.82, 2.24) is 9.97 Å². The lowest BCUT2D eigenvalue weighted by Crippen LogP contribution is -2.33. The fourth-order valence-corrected chi connectivity index (χ4v) is 3.99. The minimum Gasteiger partial charge on any atom is -0.496 e. The van der Waals surface area contributed by atoms with E-state index in [4.69, 9.17) is 10.00 Å². The lowest BCUT2D eigenvalue weighted by molar-refractivity contribution is -0.289. The van der Waals surface area contributed by atoms with Crippen molar-refractivity contribution in [2.45, 2.75) is 17.9 Å². The minimum absolute atomic E-state index is 0.0336. The number of aromatic nitrogens is 2. The summed E-state index contributed by atoms with van der Waals surface area (Å²) >= 11 is 0. The largest absolute Gasteiger partial charge is 0.496 e. The number of ether oxygens (including phenoxy) is 1. The predicted molar refractivity (Wildman–Crippen MR) is 119 cm³/mol. The third-order valence-electron chi connectivity index (χ3n) is 4.70. The molecule has 0 aliphatic carbocycles. The molecule has 1 unspecified atom stereocenters. The molecule has 3 aromatic rings. The van der Waals surface area contributed by atoms with E-state index >= 15 is 0 Å². The Morgan fingerprint density at radius 2 is 1.83 bits per heavy atom. The maximum Gasteiger partial charge on any atom is 0.458 e. The highest BCUT2D eigenvalue weighted by Gasteiger charge is 2.58. The molecule has 6 nitrogen and oxygen atoms in total. The molecular formula is C22H16F7N5OS. The number of methoxy groups -OCH3 is 1. The molecule has 3 rings (SSSR count). The molecule has 0 bridgehead atoms. The molecule has 1 heterocycles. The lowest BCUT2D eigenvalue weighted by Gasteiger charge is -2.21. The third-order valence-corrected chi connectivity index (χ3v) is 5.85. The Kier molecular flexibility index (Phi) is 7.83. The molecule has 0 radical (unpaired) electrons. The molecule has 190 valence electrons. The number of benzene rings is 2. The zero-order valence-electron chi connectivity index (χ0n) is 18.5.